The van der Waals surface area contributed by atoms with Crippen LogP contribution in [0.15, 0.2) is 42.5 Å². The number of amides is 1. The number of nitrogens with zero attached hydrogens (tertiary/aromatic N) is 1. The van der Waals surface area contributed by atoms with E-state index in [1.807, 2.05) is 24.3 Å². The van der Waals surface area contributed by atoms with Crippen molar-refractivity contribution in [3.8, 4) is 0 Å². The Balaban J connectivity index is 1.17. The molecule has 0 bridgehead atoms. The molecule has 0 unspecified atom stereocenters. The van der Waals surface area contributed by atoms with Gasteiger partial charge in [-0.2, -0.15) is 13.2 Å². The highest BCUT2D eigenvalue weighted by molar-refractivity contribution is 6.30. The molecule has 1 aliphatic heterocycles. The van der Waals surface area contributed by atoms with Crippen LogP contribution in [0.4, 0.5) is 24.5 Å². The SMILES string of the molecule is Cc1ccc(NC2CCC(CNC(=O)C3CCN(c4ccc(Cl)cc4)CC3)CC2)cc1C(F)(F)F. The van der Waals surface area contributed by atoms with Gasteiger partial charge >= 0.3 is 6.18 Å². The van der Waals surface area contributed by atoms with Gasteiger partial charge in [-0.3, -0.25) is 4.79 Å². The third-order valence-corrected chi connectivity index (χ3v) is 7.63. The molecule has 0 radical (unpaired) electrons. The molecule has 1 saturated carbocycles. The van der Waals surface area contributed by atoms with E-state index in [1.165, 1.54) is 19.1 Å². The molecule has 1 heterocycles. The van der Waals surface area contributed by atoms with Gasteiger partial charge in [0.25, 0.3) is 0 Å². The van der Waals surface area contributed by atoms with E-state index >= 15 is 0 Å². The van der Waals surface area contributed by atoms with E-state index in [1.54, 1.807) is 6.07 Å². The van der Waals surface area contributed by atoms with Crippen molar-refractivity contribution in [1.29, 1.82) is 0 Å². The van der Waals surface area contributed by atoms with Crippen LogP contribution in [0.25, 0.3) is 0 Å². The molecule has 0 atom stereocenters. The molecule has 2 N–H and O–H groups in total. The fourth-order valence-corrected chi connectivity index (χ4v) is 5.33. The van der Waals surface area contributed by atoms with Crippen LogP contribution in [0.5, 0.6) is 0 Å². The molecule has 35 heavy (non-hydrogen) atoms. The van der Waals surface area contributed by atoms with E-state index in [-0.39, 0.29) is 23.4 Å². The van der Waals surface area contributed by atoms with Crippen LogP contribution in [-0.2, 0) is 11.0 Å². The molecule has 2 fully saturated rings. The normalized spacial score (nSPS) is 21.6. The number of rotatable bonds is 6. The van der Waals surface area contributed by atoms with Crippen molar-refractivity contribution in [3.05, 3.63) is 58.6 Å². The Morgan fingerprint density at radius 2 is 1.66 bits per heavy atom. The molecule has 2 aromatic carbocycles. The third-order valence-electron chi connectivity index (χ3n) is 7.38. The van der Waals surface area contributed by atoms with Crippen molar-refractivity contribution in [2.24, 2.45) is 11.8 Å². The second-order valence-corrected chi connectivity index (χ2v) is 10.3. The number of carbonyl (C=O) groups excluding carboxylic acids is 1. The Morgan fingerprint density at radius 3 is 2.29 bits per heavy atom. The molecule has 0 aromatic heterocycles. The standard InChI is InChI=1S/C27H33ClF3N3O/c1-18-2-7-23(16-25(18)27(29,30)31)33-22-8-3-19(4-9-22)17-32-26(35)20-12-14-34(15-13-20)24-10-5-21(28)6-11-24/h2,5-7,10-11,16,19-20,22,33H,3-4,8-9,12-15,17H2,1H3,(H,32,35). The van der Waals surface area contributed by atoms with E-state index in [9.17, 15) is 18.0 Å². The van der Waals surface area contributed by atoms with E-state index in [4.69, 9.17) is 11.6 Å². The van der Waals surface area contributed by atoms with Crippen LogP contribution in [0, 0.1) is 18.8 Å². The Morgan fingerprint density at radius 1 is 1.00 bits per heavy atom. The maximum absolute atomic E-state index is 13.2. The number of anilines is 2. The summed E-state index contributed by atoms with van der Waals surface area (Å²) in [5, 5.41) is 7.16. The van der Waals surface area contributed by atoms with Gasteiger partial charge in [0, 0.05) is 48.0 Å². The lowest BCUT2D eigenvalue weighted by molar-refractivity contribution is -0.138. The zero-order valence-electron chi connectivity index (χ0n) is 20.0. The Hall–Kier alpha value is -2.41. The average molecular weight is 508 g/mol. The van der Waals surface area contributed by atoms with Gasteiger partial charge in [-0.1, -0.05) is 17.7 Å². The van der Waals surface area contributed by atoms with Gasteiger partial charge in [0.2, 0.25) is 5.91 Å². The molecular weight excluding hydrogens is 475 g/mol. The molecule has 0 spiro atoms. The average Bonchev–Trinajstić information content (AvgIpc) is 2.84. The fraction of sp³-hybridized carbons (Fsp3) is 0.519. The third kappa shape index (κ3) is 6.84. The molecule has 2 aromatic rings. The quantitative estimate of drug-likeness (QED) is 0.459. The molecular formula is C27H33ClF3N3O. The van der Waals surface area contributed by atoms with E-state index < -0.39 is 11.7 Å². The van der Waals surface area contributed by atoms with E-state index in [0.29, 0.717) is 18.2 Å². The molecule has 1 aliphatic carbocycles. The summed E-state index contributed by atoms with van der Waals surface area (Å²) < 4.78 is 39.6. The predicted molar refractivity (Wildman–Crippen MR) is 135 cm³/mol. The molecule has 4 rings (SSSR count). The maximum atomic E-state index is 13.2. The topological polar surface area (TPSA) is 44.4 Å². The first-order chi connectivity index (χ1) is 16.7. The summed E-state index contributed by atoms with van der Waals surface area (Å²) in [6.45, 7) is 3.86. The van der Waals surface area contributed by atoms with Crippen LogP contribution >= 0.6 is 11.6 Å². The van der Waals surface area contributed by atoms with Crippen molar-refractivity contribution in [1.82, 2.24) is 5.32 Å². The zero-order valence-corrected chi connectivity index (χ0v) is 20.8. The summed E-state index contributed by atoms with van der Waals surface area (Å²) in [6.07, 6.45) is 0.994. The van der Waals surface area contributed by atoms with Gasteiger partial charge in [-0.05, 0) is 93.3 Å². The first kappa shape index (κ1) is 25.7. The smallest absolute Gasteiger partial charge is 0.382 e. The summed E-state index contributed by atoms with van der Waals surface area (Å²) >= 11 is 5.97. The van der Waals surface area contributed by atoms with E-state index in [2.05, 4.69) is 15.5 Å². The minimum Gasteiger partial charge on any atom is -0.382 e. The zero-order chi connectivity index (χ0) is 25.0. The van der Waals surface area contributed by atoms with Crippen LogP contribution in [0.2, 0.25) is 5.02 Å². The molecule has 1 amide bonds. The molecule has 8 heteroatoms. The Kier molecular flexibility index (Phi) is 8.15. The number of hydrogen-bond donors (Lipinski definition) is 2. The number of hydrogen-bond acceptors (Lipinski definition) is 3. The number of alkyl halides is 3. The summed E-state index contributed by atoms with van der Waals surface area (Å²) in [5.74, 6) is 0.594. The monoisotopic (exact) mass is 507 g/mol. The lowest BCUT2D eigenvalue weighted by Crippen LogP contribution is -2.42. The van der Waals surface area contributed by atoms with E-state index in [0.717, 1.165) is 62.3 Å². The number of nitrogens with one attached hydrogen (secondary N) is 2. The summed E-state index contributed by atoms with van der Waals surface area (Å²) in [5.41, 5.74) is 1.31. The fourth-order valence-electron chi connectivity index (χ4n) is 5.20. The Labute approximate surface area is 210 Å². The van der Waals surface area contributed by atoms with Crippen molar-refractivity contribution < 1.29 is 18.0 Å². The van der Waals surface area contributed by atoms with Gasteiger partial charge in [0.15, 0.2) is 0 Å². The maximum Gasteiger partial charge on any atom is 0.416 e. The number of aryl methyl sites for hydroxylation is 1. The number of halogens is 4. The van der Waals surface area contributed by atoms with Crippen LogP contribution in [0.3, 0.4) is 0 Å². The number of carbonyl (C=O) groups is 1. The number of benzene rings is 2. The van der Waals surface area contributed by atoms with Gasteiger partial charge in [0.1, 0.15) is 0 Å². The largest absolute Gasteiger partial charge is 0.416 e. The lowest BCUT2D eigenvalue weighted by atomic mass is 9.85. The summed E-state index contributed by atoms with van der Waals surface area (Å²) in [6, 6.07) is 12.4. The predicted octanol–water partition coefficient (Wildman–Crippen LogP) is 6.67. The first-order valence-corrected chi connectivity index (χ1v) is 12.8. The minimum atomic E-state index is -4.34. The highest BCUT2D eigenvalue weighted by Crippen LogP contribution is 2.34. The molecule has 190 valence electrons. The molecule has 1 saturated heterocycles. The van der Waals surface area contributed by atoms with Gasteiger partial charge in [-0.15, -0.1) is 0 Å². The number of piperidine rings is 1. The van der Waals surface area contributed by atoms with Crippen molar-refractivity contribution >= 4 is 28.9 Å². The molecule has 4 nitrogen and oxygen atoms in total. The Bertz CT molecular complexity index is 996. The molecule has 2 aliphatic rings. The van der Waals surface area contributed by atoms with Gasteiger partial charge in [-0.25, -0.2) is 0 Å². The lowest BCUT2D eigenvalue weighted by Gasteiger charge is -2.34. The van der Waals surface area contributed by atoms with Crippen LogP contribution in [-0.4, -0.2) is 31.6 Å². The van der Waals surface area contributed by atoms with Gasteiger partial charge in [0.05, 0.1) is 5.56 Å². The minimum absolute atomic E-state index is 0.0425. The second-order valence-electron chi connectivity index (χ2n) is 9.87. The highest BCUT2D eigenvalue weighted by Gasteiger charge is 2.33. The van der Waals surface area contributed by atoms with Crippen LogP contribution < -0.4 is 15.5 Å². The highest BCUT2D eigenvalue weighted by atomic mass is 35.5. The van der Waals surface area contributed by atoms with Crippen molar-refractivity contribution in [2.45, 2.75) is 57.7 Å². The van der Waals surface area contributed by atoms with Crippen molar-refractivity contribution in [3.63, 3.8) is 0 Å². The first-order valence-electron chi connectivity index (χ1n) is 12.4. The summed E-state index contributed by atoms with van der Waals surface area (Å²) in [4.78, 5) is 15.0. The second kappa shape index (κ2) is 11.1. The van der Waals surface area contributed by atoms with Crippen molar-refractivity contribution in [2.75, 3.05) is 29.9 Å². The van der Waals surface area contributed by atoms with Gasteiger partial charge < -0.3 is 15.5 Å². The summed E-state index contributed by atoms with van der Waals surface area (Å²) in [7, 11) is 0. The van der Waals surface area contributed by atoms with Crippen LogP contribution in [0.1, 0.15) is 49.7 Å².